The number of benzene rings is 3. The molecule has 3 aromatic rings. The van der Waals surface area contributed by atoms with E-state index in [1.807, 2.05) is 0 Å². The third kappa shape index (κ3) is 14.4. The van der Waals surface area contributed by atoms with Crippen LogP contribution in [0.5, 0.6) is 0 Å². The lowest BCUT2D eigenvalue weighted by atomic mass is 9.43. The van der Waals surface area contributed by atoms with Gasteiger partial charge < -0.3 is 19.1 Å². The van der Waals surface area contributed by atoms with E-state index in [0.717, 1.165) is 97.4 Å². The van der Waals surface area contributed by atoms with E-state index in [4.69, 9.17) is 14.2 Å². The van der Waals surface area contributed by atoms with Crippen molar-refractivity contribution in [1.29, 1.82) is 0 Å². The molecule has 4 aliphatic rings. The summed E-state index contributed by atoms with van der Waals surface area (Å²) in [5.41, 5.74) is 4.28. The largest absolute Gasteiger partial charge is 0.378 e. The number of amides is 1. The molecule has 6 nitrogen and oxygen atoms in total. The van der Waals surface area contributed by atoms with Crippen LogP contribution >= 0.6 is 0 Å². The highest BCUT2D eigenvalue weighted by Crippen LogP contribution is 2.69. The van der Waals surface area contributed by atoms with E-state index in [1.165, 1.54) is 87.3 Å². The molecule has 4 saturated carbocycles. The summed E-state index contributed by atoms with van der Waals surface area (Å²) in [4.78, 5) is 19.2. The molecule has 0 bridgehead atoms. The molecule has 0 aliphatic heterocycles. The number of nitrogens with zero attached hydrogens (tertiary/aromatic N) is 2. The standard InChI is InChI=1S/C64H98N2O4/c1-7-10-13-14-15-25-40-66(49-53-31-23-18-24-32-53)61(67)36-33-50(4)56-34-35-57-62-58(46-60(64(56,57)6)70-42-12-9-3)63(5)38-37-55(68-41-11-8-2)44-54(63)45-59(62)69-43-26-39-65(47-51-27-19-16-20-28-51)48-52-29-21-17-22-30-52/h16-24,27-32,50,54-60,62H,7-15,25-26,33-49H2,1-6H3/t50?,54?,55-,56-,57+,58+,59?,60+,62?,63+,64-/m1/s1. The Morgan fingerprint density at radius 3 is 1.84 bits per heavy atom. The van der Waals surface area contributed by atoms with Gasteiger partial charge in [0.25, 0.3) is 0 Å². The predicted octanol–water partition coefficient (Wildman–Crippen LogP) is 15.5. The Balaban J connectivity index is 1.09. The summed E-state index contributed by atoms with van der Waals surface area (Å²) in [5, 5.41) is 0. The van der Waals surface area contributed by atoms with Gasteiger partial charge in [0, 0.05) is 64.4 Å². The van der Waals surface area contributed by atoms with E-state index in [9.17, 15) is 4.79 Å². The predicted molar refractivity (Wildman–Crippen MR) is 290 cm³/mol. The maximum atomic E-state index is 14.4. The van der Waals surface area contributed by atoms with Gasteiger partial charge in [0.15, 0.2) is 0 Å². The van der Waals surface area contributed by atoms with Crippen LogP contribution in [-0.4, -0.2) is 66.9 Å². The maximum Gasteiger partial charge on any atom is 0.222 e. The molecule has 388 valence electrons. The molecule has 70 heavy (non-hydrogen) atoms. The van der Waals surface area contributed by atoms with Crippen LogP contribution in [0.2, 0.25) is 0 Å². The van der Waals surface area contributed by atoms with E-state index in [1.54, 1.807) is 0 Å². The summed E-state index contributed by atoms with van der Waals surface area (Å²) in [5.74, 6) is 3.57. The summed E-state index contributed by atoms with van der Waals surface area (Å²) >= 11 is 0. The summed E-state index contributed by atoms with van der Waals surface area (Å²) in [6, 6.07) is 32.6. The Kier molecular flexibility index (Phi) is 21.8. The summed E-state index contributed by atoms with van der Waals surface area (Å²) in [6.45, 7) is 21.7. The highest BCUT2D eigenvalue weighted by atomic mass is 16.5. The minimum absolute atomic E-state index is 0.0486. The number of rotatable bonds is 30. The summed E-state index contributed by atoms with van der Waals surface area (Å²) < 4.78 is 21.4. The van der Waals surface area contributed by atoms with Crippen molar-refractivity contribution < 1.29 is 19.0 Å². The van der Waals surface area contributed by atoms with Gasteiger partial charge in [-0.2, -0.15) is 0 Å². The van der Waals surface area contributed by atoms with Crippen LogP contribution in [-0.2, 0) is 38.6 Å². The number of hydrogen-bond acceptors (Lipinski definition) is 5. The minimum Gasteiger partial charge on any atom is -0.378 e. The van der Waals surface area contributed by atoms with Crippen molar-refractivity contribution in [3.05, 3.63) is 108 Å². The third-order valence-electron chi connectivity index (χ3n) is 18.7. The smallest absolute Gasteiger partial charge is 0.222 e. The first-order valence-electron chi connectivity index (χ1n) is 29.1. The van der Waals surface area contributed by atoms with Gasteiger partial charge in [0.2, 0.25) is 5.91 Å². The van der Waals surface area contributed by atoms with Crippen molar-refractivity contribution in [1.82, 2.24) is 9.80 Å². The van der Waals surface area contributed by atoms with Crippen molar-refractivity contribution >= 4 is 5.91 Å². The lowest BCUT2D eigenvalue weighted by Gasteiger charge is -2.65. The number of carbonyl (C=O) groups is 1. The number of carbonyl (C=O) groups excluding carboxylic acids is 1. The SMILES string of the molecule is CCCCCCCCN(Cc1ccccc1)C(=O)CCC(C)[C@H]1CC[C@H]2C3C(OCCCN(Cc4ccccc4)Cc4ccccc4)CC4C[C@H](OCCCC)CC[C@]4(C)[C@H]3C[C@H](OCCCC)[C@]12C. The summed E-state index contributed by atoms with van der Waals surface area (Å²) in [7, 11) is 0. The first-order chi connectivity index (χ1) is 34.2. The second-order valence-corrected chi connectivity index (χ2v) is 23.4. The Morgan fingerprint density at radius 2 is 1.20 bits per heavy atom. The van der Waals surface area contributed by atoms with Gasteiger partial charge in [-0.1, -0.05) is 177 Å². The monoisotopic (exact) mass is 959 g/mol. The average molecular weight is 959 g/mol. The molecule has 3 aromatic carbocycles. The molecule has 0 heterocycles. The lowest BCUT2D eigenvalue weighted by molar-refractivity contribution is -0.227. The van der Waals surface area contributed by atoms with Crippen LogP contribution in [0.1, 0.15) is 187 Å². The van der Waals surface area contributed by atoms with Crippen molar-refractivity contribution in [2.45, 2.75) is 208 Å². The Bertz CT molecular complexity index is 1870. The fourth-order valence-corrected chi connectivity index (χ4v) is 14.7. The van der Waals surface area contributed by atoms with Gasteiger partial charge in [-0.15, -0.1) is 0 Å². The van der Waals surface area contributed by atoms with E-state index < -0.39 is 0 Å². The number of fused-ring (bicyclic) bond motifs is 5. The fraction of sp³-hybridized carbons (Fsp3) is 0.703. The van der Waals surface area contributed by atoms with E-state index in [-0.39, 0.29) is 23.0 Å². The van der Waals surface area contributed by atoms with Crippen LogP contribution in [0.3, 0.4) is 0 Å². The summed E-state index contributed by atoms with van der Waals surface area (Å²) in [6.07, 6.45) is 23.9. The first kappa shape index (κ1) is 54.7. The van der Waals surface area contributed by atoms with Gasteiger partial charge in [0.1, 0.15) is 0 Å². The molecule has 4 aliphatic carbocycles. The number of ether oxygens (including phenoxy) is 3. The fourth-order valence-electron chi connectivity index (χ4n) is 14.7. The first-order valence-corrected chi connectivity index (χ1v) is 29.1. The van der Waals surface area contributed by atoms with Crippen molar-refractivity contribution in [3.63, 3.8) is 0 Å². The van der Waals surface area contributed by atoms with Crippen LogP contribution in [0.25, 0.3) is 0 Å². The van der Waals surface area contributed by atoms with E-state index in [0.29, 0.717) is 60.5 Å². The zero-order valence-electron chi connectivity index (χ0n) is 45.2. The van der Waals surface area contributed by atoms with Gasteiger partial charge in [-0.25, -0.2) is 0 Å². The number of unbranched alkanes of at least 4 members (excludes halogenated alkanes) is 7. The molecule has 4 unspecified atom stereocenters. The van der Waals surface area contributed by atoms with Gasteiger partial charge in [-0.05, 0) is 135 Å². The zero-order chi connectivity index (χ0) is 49.2. The van der Waals surface area contributed by atoms with Crippen molar-refractivity contribution in [2.24, 2.45) is 46.3 Å². The molecule has 0 spiro atoms. The van der Waals surface area contributed by atoms with Crippen LogP contribution in [0.15, 0.2) is 91.0 Å². The van der Waals surface area contributed by atoms with Crippen LogP contribution in [0, 0.1) is 46.3 Å². The molecule has 0 N–H and O–H groups in total. The molecule has 0 radical (unpaired) electrons. The molecule has 1 amide bonds. The van der Waals surface area contributed by atoms with Crippen molar-refractivity contribution in [3.8, 4) is 0 Å². The number of hydrogen-bond donors (Lipinski definition) is 0. The highest BCUT2D eigenvalue weighted by molar-refractivity contribution is 5.76. The molecule has 0 aromatic heterocycles. The average Bonchev–Trinajstić information content (AvgIpc) is 3.74. The van der Waals surface area contributed by atoms with Gasteiger partial charge >= 0.3 is 0 Å². The molecule has 7 rings (SSSR count). The molecule has 0 saturated heterocycles. The van der Waals surface area contributed by atoms with E-state index >= 15 is 0 Å². The van der Waals surface area contributed by atoms with Gasteiger partial charge in [0.05, 0.1) is 18.3 Å². The minimum atomic E-state index is 0.0486. The Labute approximate surface area is 427 Å². The van der Waals surface area contributed by atoms with Crippen LogP contribution < -0.4 is 0 Å². The molecular formula is C64H98N2O4. The van der Waals surface area contributed by atoms with Crippen molar-refractivity contribution in [2.75, 3.05) is 32.9 Å². The topological polar surface area (TPSA) is 51.2 Å². The zero-order valence-corrected chi connectivity index (χ0v) is 45.2. The Hall–Kier alpha value is -3.03. The quantitative estimate of drug-likeness (QED) is 0.0623. The third-order valence-corrected chi connectivity index (χ3v) is 18.7. The van der Waals surface area contributed by atoms with E-state index in [2.05, 4.69) is 142 Å². The van der Waals surface area contributed by atoms with Crippen LogP contribution in [0.4, 0.5) is 0 Å². The molecular weight excluding hydrogens is 861 g/mol. The second-order valence-electron chi connectivity index (χ2n) is 23.4. The maximum absolute atomic E-state index is 14.4. The lowest BCUT2D eigenvalue weighted by Crippen LogP contribution is -2.63. The molecule has 11 atom stereocenters. The normalized spacial score (nSPS) is 28.8. The molecule has 6 heteroatoms. The van der Waals surface area contributed by atoms with Gasteiger partial charge in [-0.3, -0.25) is 9.69 Å². The second kappa shape index (κ2) is 27.9. The Morgan fingerprint density at radius 1 is 0.614 bits per heavy atom. The molecule has 4 fully saturated rings. The highest BCUT2D eigenvalue weighted by Gasteiger charge is 2.66.